The second-order valence-corrected chi connectivity index (χ2v) is 6.51. The zero-order valence-electron chi connectivity index (χ0n) is 13.2. The quantitative estimate of drug-likeness (QED) is 0.666. The molecule has 116 valence electrons. The normalized spacial score (nSPS) is 25.4. The van der Waals surface area contributed by atoms with Crippen molar-refractivity contribution in [1.82, 2.24) is 15.5 Å². The minimum absolute atomic E-state index is 0.0237. The number of unbranched alkanes of at least 4 members (excludes halogenated alkanes) is 1. The van der Waals surface area contributed by atoms with Crippen molar-refractivity contribution in [3.8, 4) is 0 Å². The predicted octanol–water partition coefficient (Wildman–Crippen LogP) is 1.76. The first-order valence-corrected chi connectivity index (χ1v) is 8.45. The first-order chi connectivity index (χ1) is 9.70. The summed E-state index contributed by atoms with van der Waals surface area (Å²) in [5.74, 6) is 0.921. The van der Waals surface area contributed by atoms with Crippen LogP contribution in [0.3, 0.4) is 0 Å². The Bertz CT molecular complexity index is 304. The van der Waals surface area contributed by atoms with Gasteiger partial charge in [0.1, 0.15) is 0 Å². The zero-order valence-corrected chi connectivity index (χ0v) is 13.2. The molecule has 2 aliphatic rings. The molecular formula is C16H31N3O. The van der Waals surface area contributed by atoms with Crippen LogP contribution in [0.2, 0.25) is 0 Å². The third kappa shape index (κ3) is 5.06. The van der Waals surface area contributed by atoms with Gasteiger partial charge in [0, 0.05) is 19.1 Å². The van der Waals surface area contributed by atoms with Crippen LogP contribution < -0.4 is 10.6 Å². The van der Waals surface area contributed by atoms with Gasteiger partial charge in [0.2, 0.25) is 5.91 Å². The van der Waals surface area contributed by atoms with Crippen molar-refractivity contribution in [3.63, 3.8) is 0 Å². The average Bonchev–Trinajstić information content (AvgIpc) is 3.29. The molecule has 20 heavy (non-hydrogen) atoms. The number of hydrogen-bond donors (Lipinski definition) is 2. The number of carbonyl (C=O) groups excluding carboxylic acids is 1. The van der Waals surface area contributed by atoms with Crippen molar-refractivity contribution in [2.75, 3.05) is 26.2 Å². The number of nitrogens with zero attached hydrogens (tertiary/aromatic N) is 1. The molecule has 1 aliphatic carbocycles. The molecule has 0 aromatic carbocycles. The predicted molar refractivity (Wildman–Crippen MR) is 82.7 cm³/mol. The van der Waals surface area contributed by atoms with Crippen LogP contribution in [-0.2, 0) is 4.79 Å². The lowest BCUT2D eigenvalue weighted by molar-refractivity contribution is -0.126. The van der Waals surface area contributed by atoms with Gasteiger partial charge in [-0.25, -0.2) is 0 Å². The standard InChI is InChI=1S/C16H31N3O/c1-3-4-9-17-16(20)13(2)19-10-5-6-14(12-19)11-18-15-7-8-15/h13-15,18H,3-12H2,1-2H3,(H,17,20). The molecule has 1 amide bonds. The Balaban J connectivity index is 1.70. The molecule has 0 spiro atoms. The topological polar surface area (TPSA) is 44.4 Å². The van der Waals surface area contributed by atoms with E-state index in [9.17, 15) is 4.79 Å². The summed E-state index contributed by atoms with van der Waals surface area (Å²) < 4.78 is 0. The molecule has 1 saturated carbocycles. The first-order valence-electron chi connectivity index (χ1n) is 8.45. The maximum Gasteiger partial charge on any atom is 0.237 e. The van der Waals surface area contributed by atoms with Gasteiger partial charge in [-0.3, -0.25) is 9.69 Å². The molecule has 4 nitrogen and oxygen atoms in total. The molecule has 1 aliphatic heterocycles. The maximum atomic E-state index is 12.1. The SMILES string of the molecule is CCCCNC(=O)C(C)N1CCCC(CNC2CC2)C1. The number of carbonyl (C=O) groups is 1. The first kappa shape index (κ1) is 15.8. The van der Waals surface area contributed by atoms with Crippen LogP contribution >= 0.6 is 0 Å². The van der Waals surface area contributed by atoms with Gasteiger partial charge >= 0.3 is 0 Å². The number of rotatable bonds is 8. The average molecular weight is 281 g/mol. The summed E-state index contributed by atoms with van der Waals surface area (Å²) in [7, 11) is 0. The molecule has 0 radical (unpaired) electrons. The van der Waals surface area contributed by atoms with Crippen molar-refractivity contribution in [2.24, 2.45) is 5.92 Å². The van der Waals surface area contributed by atoms with E-state index in [1.165, 1.54) is 25.7 Å². The molecular weight excluding hydrogens is 250 g/mol. The Morgan fingerprint density at radius 3 is 2.85 bits per heavy atom. The van der Waals surface area contributed by atoms with Crippen LogP contribution in [0.15, 0.2) is 0 Å². The summed E-state index contributed by atoms with van der Waals surface area (Å²) in [5, 5.41) is 6.69. The maximum absolute atomic E-state index is 12.1. The van der Waals surface area contributed by atoms with Gasteiger partial charge in [0.05, 0.1) is 6.04 Å². The zero-order chi connectivity index (χ0) is 14.4. The van der Waals surface area contributed by atoms with E-state index >= 15 is 0 Å². The van der Waals surface area contributed by atoms with E-state index in [-0.39, 0.29) is 11.9 Å². The van der Waals surface area contributed by atoms with Gasteiger partial charge < -0.3 is 10.6 Å². The van der Waals surface area contributed by atoms with Gasteiger partial charge in [-0.2, -0.15) is 0 Å². The highest BCUT2D eigenvalue weighted by Gasteiger charge is 2.28. The summed E-state index contributed by atoms with van der Waals surface area (Å²) in [5.41, 5.74) is 0. The Morgan fingerprint density at radius 1 is 1.35 bits per heavy atom. The number of likely N-dealkylation sites (tertiary alicyclic amines) is 1. The van der Waals surface area contributed by atoms with Crippen molar-refractivity contribution in [2.45, 2.75) is 64.5 Å². The summed E-state index contributed by atoms with van der Waals surface area (Å²) in [4.78, 5) is 14.5. The lowest BCUT2D eigenvalue weighted by atomic mass is 9.96. The Kier molecular flexibility index (Phi) is 6.30. The third-order valence-electron chi connectivity index (χ3n) is 4.58. The van der Waals surface area contributed by atoms with Crippen LogP contribution in [0, 0.1) is 5.92 Å². The monoisotopic (exact) mass is 281 g/mol. The molecule has 0 bridgehead atoms. The van der Waals surface area contributed by atoms with Crippen molar-refractivity contribution in [1.29, 1.82) is 0 Å². The minimum Gasteiger partial charge on any atom is -0.355 e. The van der Waals surface area contributed by atoms with Gasteiger partial charge in [-0.15, -0.1) is 0 Å². The highest BCUT2D eigenvalue weighted by Crippen LogP contribution is 2.22. The lowest BCUT2D eigenvalue weighted by Gasteiger charge is -2.36. The molecule has 1 saturated heterocycles. The van der Waals surface area contributed by atoms with E-state index in [2.05, 4.69) is 29.4 Å². The number of nitrogens with one attached hydrogen (secondary N) is 2. The van der Waals surface area contributed by atoms with E-state index in [1.807, 2.05) is 0 Å². The summed E-state index contributed by atoms with van der Waals surface area (Å²) in [6.07, 6.45) is 7.45. The third-order valence-corrected chi connectivity index (χ3v) is 4.58. The Morgan fingerprint density at radius 2 is 2.15 bits per heavy atom. The molecule has 2 unspecified atom stereocenters. The fourth-order valence-corrected chi connectivity index (χ4v) is 2.94. The van der Waals surface area contributed by atoms with Crippen LogP contribution in [0.25, 0.3) is 0 Å². The number of amides is 1. The van der Waals surface area contributed by atoms with Crippen LogP contribution in [-0.4, -0.2) is 49.1 Å². The molecule has 0 aromatic heterocycles. The van der Waals surface area contributed by atoms with Crippen LogP contribution in [0.5, 0.6) is 0 Å². The van der Waals surface area contributed by atoms with E-state index in [4.69, 9.17) is 0 Å². The van der Waals surface area contributed by atoms with Gasteiger partial charge in [-0.1, -0.05) is 13.3 Å². The lowest BCUT2D eigenvalue weighted by Crippen LogP contribution is -2.50. The van der Waals surface area contributed by atoms with E-state index in [0.717, 1.165) is 51.0 Å². The summed E-state index contributed by atoms with van der Waals surface area (Å²) in [6, 6.07) is 0.815. The smallest absolute Gasteiger partial charge is 0.237 e. The fraction of sp³-hybridized carbons (Fsp3) is 0.938. The van der Waals surface area contributed by atoms with Gasteiger partial charge in [0.15, 0.2) is 0 Å². The molecule has 2 fully saturated rings. The largest absolute Gasteiger partial charge is 0.355 e. The molecule has 1 heterocycles. The van der Waals surface area contributed by atoms with Crippen molar-refractivity contribution >= 4 is 5.91 Å². The Hall–Kier alpha value is -0.610. The van der Waals surface area contributed by atoms with Crippen LogP contribution in [0.1, 0.15) is 52.4 Å². The molecule has 2 atom stereocenters. The molecule has 2 N–H and O–H groups in total. The summed E-state index contributed by atoms with van der Waals surface area (Å²) in [6.45, 7) is 8.30. The number of piperidine rings is 1. The molecule has 0 aromatic rings. The van der Waals surface area contributed by atoms with E-state index < -0.39 is 0 Å². The van der Waals surface area contributed by atoms with Crippen molar-refractivity contribution < 1.29 is 4.79 Å². The van der Waals surface area contributed by atoms with Crippen LogP contribution in [0.4, 0.5) is 0 Å². The fourth-order valence-electron chi connectivity index (χ4n) is 2.94. The van der Waals surface area contributed by atoms with Gasteiger partial charge in [-0.05, 0) is 58.0 Å². The molecule has 4 heteroatoms. The minimum atomic E-state index is 0.0237. The highest BCUT2D eigenvalue weighted by atomic mass is 16.2. The summed E-state index contributed by atoms with van der Waals surface area (Å²) >= 11 is 0. The Labute approximate surface area is 123 Å². The van der Waals surface area contributed by atoms with E-state index in [0.29, 0.717) is 0 Å². The van der Waals surface area contributed by atoms with E-state index in [1.54, 1.807) is 0 Å². The molecule has 2 rings (SSSR count). The number of hydrogen-bond acceptors (Lipinski definition) is 3. The second kappa shape index (κ2) is 7.99. The second-order valence-electron chi connectivity index (χ2n) is 6.51. The van der Waals surface area contributed by atoms with Gasteiger partial charge in [0.25, 0.3) is 0 Å². The van der Waals surface area contributed by atoms with Crippen molar-refractivity contribution in [3.05, 3.63) is 0 Å². The highest BCUT2D eigenvalue weighted by molar-refractivity contribution is 5.81.